The summed E-state index contributed by atoms with van der Waals surface area (Å²) in [5.41, 5.74) is 0. The van der Waals surface area contributed by atoms with Crippen molar-refractivity contribution in [1.29, 1.82) is 0 Å². The Morgan fingerprint density at radius 3 is 1.44 bits per heavy atom. The number of hydrogen-bond acceptors (Lipinski definition) is 4. The average Bonchev–Trinajstić information content (AvgIpc) is 2.20. The van der Waals surface area contributed by atoms with E-state index in [4.69, 9.17) is 0 Å². The average molecular weight is 230 g/mol. The molecule has 0 unspecified atom stereocenters. The minimum atomic E-state index is -0.304. The lowest BCUT2D eigenvalue weighted by molar-refractivity contribution is -0.480. The van der Waals surface area contributed by atoms with Crippen LogP contribution in [0.2, 0.25) is 0 Å². The fourth-order valence-corrected chi connectivity index (χ4v) is 1.24. The van der Waals surface area contributed by atoms with Crippen LogP contribution < -0.4 is 0 Å². The zero-order valence-electron chi connectivity index (χ0n) is 9.34. The Morgan fingerprint density at radius 1 is 0.750 bits per heavy atom. The van der Waals surface area contributed by atoms with E-state index in [1.165, 1.54) is 0 Å². The molecule has 0 bridgehead atoms. The number of nitrogens with zero attached hydrogens (tertiary/aromatic N) is 2. The van der Waals surface area contributed by atoms with Crippen molar-refractivity contribution in [3.05, 3.63) is 32.4 Å². The van der Waals surface area contributed by atoms with Crippen LogP contribution in [0.15, 0.2) is 12.2 Å². The first kappa shape index (κ1) is 14.5. The lowest BCUT2D eigenvalue weighted by atomic mass is 10.2. The molecule has 0 radical (unpaired) electrons. The van der Waals surface area contributed by atoms with Crippen molar-refractivity contribution in [2.75, 3.05) is 13.1 Å². The van der Waals surface area contributed by atoms with Gasteiger partial charge in [0.2, 0.25) is 13.1 Å². The van der Waals surface area contributed by atoms with Crippen molar-refractivity contribution >= 4 is 0 Å². The minimum absolute atomic E-state index is 0.0384. The van der Waals surface area contributed by atoms with Gasteiger partial charge in [-0.15, -0.1) is 0 Å². The van der Waals surface area contributed by atoms with Crippen LogP contribution in [0.4, 0.5) is 0 Å². The largest absolute Gasteiger partial charge is 0.265 e. The van der Waals surface area contributed by atoms with Crippen molar-refractivity contribution < 1.29 is 9.85 Å². The van der Waals surface area contributed by atoms with Gasteiger partial charge >= 0.3 is 0 Å². The van der Waals surface area contributed by atoms with Gasteiger partial charge in [-0.1, -0.05) is 12.2 Å². The summed E-state index contributed by atoms with van der Waals surface area (Å²) in [6.07, 6.45) is 8.56. The Labute approximate surface area is 94.6 Å². The Hall–Kier alpha value is -1.46. The Balaban J connectivity index is 3.16. The van der Waals surface area contributed by atoms with E-state index in [1.54, 1.807) is 0 Å². The van der Waals surface area contributed by atoms with Crippen molar-refractivity contribution in [3.8, 4) is 0 Å². The third-order valence-corrected chi connectivity index (χ3v) is 2.09. The first-order chi connectivity index (χ1) is 7.63. The standard InChI is InChI=1S/C10H18N2O4/c13-11(14)9-7-5-3-1-2-4-6-8-10-12(15)16/h1-2H,3-10H2/b2-1+. The monoisotopic (exact) mass is 230 g/mol. The lowest BCUT2D eigenvalue weighted by Crippen LogP contribution is -1.99. The second-order valence-electron chi connectivity index (χ2n) is 3.58. The lowest BCUT2D eigenvalue weighted by Gasteiger charge is -1.93. The van der Waals surface area contributed by atoms with Gasteiger partial charge in [-0.2, -0.15) is 0 Å². The summed E-state index contributed by atoms with van der Waals surface area (Å²) in [4.78, 5) is 19.4. The van der Waals surface area contributed by atoms with Gasteiger partial charge in [-0.05, 0) is 25.7 Å². The van der Waals surface area contributed by atoms with Gasteiger partial charge in [0.15, 0.2) is 0 Å². The van der Waals surface area contributed by atoms with Crippen LogP contribution in [0.5, 0.6) is 0 Å². The van der Waals surface area contributed by atoms with Gasteiger partial charge in [0.05, 0.1) is 0 Å². The van der Waals surface area contributed by atoms with Crippen LogP contribution in [0.3, 0.4) is 0 Å². The molecular weight excluding hydrogens is 212 g/mol. The minimum Gasteiger partial charge on any atom is -0.265 e. The van der Waals surface area contributed by atoms with Crippen LogP contribution >= 0.6 is 0 Å². The highest BCUT2D eigenvalue weighted by atomic mass is 16.6. The molecule has 6 heteroatoms. The van der Waals surface area contributed by atoms with E-state index in [-0.39, 0.29) is 22.9 Å². The van der Waals surface area contributed by atoms with E-state index in [2.05, 4.69) is 0 Å². The Kier molecular flexibility index (Phi) is 9.15. The Morgan fingerprint density at radius 2 is 1.12 bits per heavy atom. The summed E-state index contributed by atoms with van der Waals surface area (Å²) >= 11 is 0. The second-order valence-corrected chi connectivity index (χ2v) is 3.58. The van der Waals surface area contributed by atoms with E-state index < -0.39 is 0 Å². The molecule has 6 nitrogen and oxygen atoms in total. The van der Waals surface area contributed by atoms with Crippen molar-refractivity contribution in [3.63, 3.8) is 0 Å². The molecule has 0 heterocycles. The van der Waals surface area contributed by atoms with Gasteiger partial charge in [0.1, 0.15) is 0 Å². The fourth-order valence-electron chi connectivity index (χ4n) is 1.24. The quantitative estimate of drug-likeness (QED) is 0.249. The highest BCUT2D eigenvalue weighted by Gasteiger charge is 1.95. The van der Waals surface area contributed by atoms with E-state index in [9.17, 15) is 20.2 Å². The molecule has 0 atom stereocenters. The molecule has 0 aliphatic heterocycles. The topological polar surface area (TPSA) is 86.3 Å². The summed E-state index contributed by atoms with van der Waals surface area (Å²) in [5, 5.41) is 20.0. The molecule has 92 valence electrons. The summed E-state index contributed by atoms with van der Waals surface area (Å²) in [5.74, 6) is 0. The van der Waals surface area contributed by atoms with E-state index >= 15 is 0 Å². The zero-order chi connectivity index (χ0) is 12.2. The molecule has 0 aliphatic carbocycles. The molecule has 0 spiro atoms. The SMILES string of the molecule is O=[N+]([O-])CCCC/C=C/CCCC[N+](=O)[O-]. The van der Waals surface area contributed by atoms with Crippen LogP contribution in [-0.2, 0) is 0 Å². The van der Waals surface area contributed by atoms with Crippen molar-refractivity contribution in [1.82, 2.24) is 0 Å². The first-order valence-electron chi connectivity index (χ1n) is 5.51. The summed E-state index contributed by atoms with van der Waals surface area (Å²) < 4.78 is 0. The van der Waals surface area contributed by atoms with Crippen LogP contribution in [0.25, 0.3) is 0 Å². The normalized spacial score (nSPS) is 10.8. The first-order valence-corrected chi connectivity index (χ1v) is 5.51. The molecule has 0 N–H and O–H groups in total. The third-order valence-electron chi connectivity index (χ3n) is 2.09. The molecule has 0 fully saturated rings. The number of rotatable bonds is 10. The maximum atomic E-state index is 9.99. The van der Waals surface area contributed by atoms with Gasteiger partial charge in [0.25, 0.3) is 0 Å². The second kappa shape index (κ2) is 10.1. The van der Waals surface area contributed by atoms with Crippen molar-refractivity contribution in [2.24, 2.45) is 0 Å². The zero-order valence-corrected chi connectivity index (χ0v) is 9.34. The molecule has 0 aromatic rings. The van der Waals surface area contributed by atoms with Gasteiger partial charge < -0.3 is 0 Å². The smallest absolute Gasteiger partial charge is 0.203 e. The molecule has 0 aromatic heterocycles. The molecule has 0 amide bonds. The fraction of sp³-hybridized carbons (Fsp3) is 0.800. The van der Waals surface area contributed by atoms with Gasteiger partial charge in [-0.3, -0.25) is 20.2 Å². The van der Waals surface area contributed by atoms with Crippen LogP contribution in [-0.4, -0.2) is 22.9 Å². The molecule has 0 aliphatic rings. The molecule has 0 saturated carbocycles. The molecule has 0 saturated heterocycles. The van der Waals surface area contributed by atoms with Gasteiger partial charge in [0, 0.05) is 22.7 Å². The van der Waals surface area contributed by atoms with E-state index in [1.807, 2.05) is 12.2 Å². The molecular formula is C10H18N2O4. The summed E-state index contributed by atoms with van der Waals surface area (Å²) in [6.45, 7) is 0.0767. The maximum absolute atomic E-state index is 9.99. The Bertz CT molecular complexity index is 217. The van der Waals surface area contributed by atoms with E-state index in [0.29, 0.717) is 12.8 Å². The predicted octanol–water partition coefficient (Wildman–Crippen LogP) is 2.44. The highest BCUT2D eigenvalue weighted by Crippen LogP contribution is 2.01. The molecule has 16 heavy (non-hydrogen) atoms. The number of hydrogen-bond donors (Lipinski definition) is 0. The molecule has 0 rings (SSSR count). The number of unbranched alkanes of at least 4 members (excludes halogenated alkanes) is 4. The highest BCUT2D eigenvalue weighted by molar-refractivity contribution is 4.81. The number of nitro groups is 2. The maximum Gasteiger partial charge on any atom is 0.203 e. The molecule has 0 aromatic carbocycles. The van der Waals surface area contributed by atoms with Crippen LogP contribution in [0, 0.1) is 20.2 Å². The summed E-state index contributed by atoms with van der Waals surface area (Å²) in [6, 6.07) is 0. The van der Waals surface area contributed by atoms with Crippen LogP contribution in [0.1, 0.15) is 38.5 Å². The van der Waals surface area contributed by atoms with Gasteiger partial charge in [-0.25, -0.2) is 0 Å². The van der Waals surface area contributed by atoms with Crippen molar-refractivity contribution in [2.45, 2.75) is 38.5 Å². The summed E-state index contributed by atoms with van der Waals surface area (Å²) in [7, 11) is 0. The van der Waals surface area contributed by atoms with E-state index in [0.717, 1.165) is 25.7 Å². The number of allylic oxidation sites excluding steroid dienone is 2. The predicted molar refractivity (Wildman–Crippen MR) is 60.6 cm³/mol. The third kappa shape index (κ3) is 12.5.